The van der Waals surface area contributed by atoms with Gasteiger partial charge in [0.2, 0.25) is 0 Å². The summed E-state index contributed by atoms with van der Waals surface area (Å²) in [5.41, 5.74) is 2.01. The van der Waals surface area contributed by atoms with Gasteiger partial charge in [-0.3, -0.25) is 14.5 Å². The molecule has 1 aliphatic heterocycles. The van der Waals surface area contributed by atoms with Crippen LogP contribution in [0.3, 0.4) is 0 Å². The molecular formula is C24H22N2O4S. The first-order valence-corrected chi connectivity index (χ1v) is 10.8. The van der Waals surface area contributed by atoms with Crippen molar-refractivity contribution in [2.45, 2.75) is 26.8 Å². The maximum atomic E-state index is 13.1. The van der Waals surface area contributed by atoms with Crippen LogP contribution in [0.25, 0.3) is 5.76 Å². The lowest BCUT2D eigenvalue weighted by Gasteiger charge is -2.23. The number of aromatic nitrogens is 1. The summed E-state index contributed by atoms with van der Waals surface area (Å²) < 4.78 is 5.45. The largest absolute Gasteiger partial charge is 0.507 e. The second-order valence-electron chi connectivity index (χ2n) is 7.18. The van der Waals surface area contributed by atoms with Crippen molar-refractivity contribution in [2.24, 2.45) is 0 Å². The van der Waals surface area contributed by atoms with E-state index in [4.69, 9.17) is 4.74 Å². The SMILES string of the molecule is CCOc1ccc(/C(O)=C2\C(=O)C(=O)N(c3nc(C)c(C)s3)[C@@H]2c2ccccc2)cc1. The van der Waals surface area contributed by atoms with Crippen molar-refractivity contribution < 1.29 is 19.4 Å². The summed E-state index contributed by atoms with van der Waals surface area (Å²) >= 11 is 1.35. The highest BCUT2D eigenvalue weighted by Crippen LogP contribution is 2.43. The van der Waals surface area contributed by atoms with Gasteiger partial charge in [0.05, 0.1) is 23.9 Å². The van der Waals surface area contributed by atoms with E-state index >= 15 is 0 Å². The second kappa shape index (κ2) is 8.35. The van der Waals surface area contributed by atoms with E-state index in [0.717, 1.165) is 16.1 Å². The van der Waals surface area contributed by atoms with E-state index in [1.54, 1.807) is 24.3 Å². The molecule has 4 rings (SSSR count). The van der Waals surface area contributed by atoms with Crippen LogP contribution in [0.4, 0.5) is 5.13 Å². The van der Waals surface area contributed by atoms with E-state index in [9.17, 15) is 14.7 Å². The molecule has 0 radical (unpaired) electrons. The number of rotatable bonds is 5. The summed E-state index contributed by atoms with van der Waals surface area (Å²) in [6.07, 6.45) is 0. The van der Waals surface area contributed by atoms with Crippen molar-refractivity contribution in [1.29, 1.82) is 0 Å². The van der Waals surface area contributed by atoms with Gasteiger partial charge in [-0.1, -0.05) is 30.3 Å². The predicted octanol–water partition coefficient (Wildman–Crippen LogP) is 4.78. The number of hydrogen-bond donors (Lipinski definition) is 1. The first-order chi connectivity index (χ1) is 14.9. The lowest BCUT2D eigenvalue weighted by molar-refractivity contribution is -0.132. The Bertz CT molecular complexity index is 1150. The number of ether oxygens (including phenoxy) is 1. The van der Waals surface area contributed by atoms with Crippen LogP contribution in [0, 0.1) is 13.8 Å². The maximum Gasteiger partial charge on any atom is 0.301 e. The fraction of sp³-hybridized carbons (Fsp3) is 0.208. The minimum absolute atomic E-state index is 0.0471. The quantitative estimate of drug-likeness (QED) is 0.355. The molecule has 0 bridgehead atoms. The first kappa shape index (κ1) is 20.8. The molecule has 0 saturated carbocycles. The zero-order valence-corrected chi connectivity index (χ0v) is 18.3. The molecule has 1 atom stereocenters. The van der Waals surface area contributed by atoms with Crippen molar-refractivity contribution in [3.8, 4) is 5.75 Å². The van der Waals surface area contributed by atoms with Gasteiger partial charge in [-0.15, -0.1) is 11.3 Å². The monoisotopic (exact) mass is 434 g/mol. The van der Waals surface area contributed by atoms with Crippen molar-refractivity contribution in [3.63, 3.8) is 0 Å². The summed E-state index contributed by atoms with van der Waals surface area (Å²) in [6, 6.07) is 15.2. The minimum Gasteiger partial charge on any atom is -0.507 e. The third-order valence-corrected chi connectivity index (χ3v) is 6.29. The third kappa shape index (κ3) is 3.72. The molecule has 1 aromatic heterocycles. The Kier molecular flexibility index (Phi) is 5.61. The van der Waals surface area contributed by atoms with Crippen LogP contribution in [0.1, 0.15) is 34.7 Å². The Morgan fingerprint density at radius 1 is 1.10 bits per heavy atom. The number of benzene rings is 2. The zero-order chi connectivity index (χ0) is 22.1. The number of ketones is 1. The number of carbonyl (C=O) groups excluding carboxylic acids is 2. The predicted molar refractivity (Wildman–Crippen MR) is 120 cm³/mol. The Balaban J connectivity index is 1.88. The van der Waals surface area contributed by atoms with Crippen LogP contribution in [0.15, 0.2) is 60.2 Å². The van der Waals surface area contributed by atoms with Gasteiger partial charge in [-0.2, -0.15) is 0 Å². The fourth-order valence-corrected chi connectivity index (χ4v) is 4.51. The van der Waals surface area contributed by atoms with E-state index < -0.39 is 17.7 Å². The van der Waals surface area contributed by atoms with Crippen LogP contribution < -0.4 is 9.64 Å². The minimum atomic E-state index is -0.766. The Labute approximate surface area is 184 Å². The van der Waals surface area contributed by atoms with Gasteiger partial charge in [0.1, 0.15) is 11.5 Å². The summed E-state index contributed by atoms with van der Waals surface area (Å²) in [5.74, 6) is -0.989. The molecule has 0 spiro atoms. The normalized spacial score (nSPS) is 17.9. The Hall–Kier alpha value is -3.45. The third-order valence-electron chi connectivity index (χ3n) is 5.22. The van der Waals surface area contributed by atoms with Gasteiger partial charge in [-0.25, -0.2) is 4.98 Å². The molecule has 3 aromatic rings. The van der Waals surface area contributed by atoms with Crippen LogP contribution in [0.5, 0.6) is 5.75 Å². The topological polar surface area (TPSA) is 79.7 Å². The number of carbonyl (C=O) groups is 2. The molecular weight excluding hydrogens is 412 g/mol. The molecule has 1 N–H and O–H groups in total. The van der Waals surface area contributed by atoms with Gasteiger partial charge >= 0.3 is 5.91 Å². The molecule has 31 heavy (non-hydrogen) atoms. The van der Waals surface area contributed by atoms with E-state index in [2.05, 4.69) is 4.98 Å². The fourth-order valence-electron chi connectivity index (χ4n) is 3.57. The number of nitrogens with zero attached hydrogens (tertiary/aromatic N) is 2. The van der Waals surface area contributed by atoms with E-state index in [-0.39, 0.29) is 11.3 Å². The summed E-state index contributed by atoms with van der Waals surface area (Å²) in [5, 5.41) is 11.5. The number of aryl methyl sites for hydroxylation is 2. The highest BCUT2D eigenvalue weighted by atomic mass is 32.1. The zero-order valence-electron chi connectivity index (χ0n) is 17.5. The van der Waals surface area contributed by atoms with E-state index in [1.807, 2.05) is 51.1 Å². The van der Waals surface area contributed by atoms with Crippen LogP contribution in [-0.4, -0.2) is 28.4 Å². The lowest BCUT2D eigenvalue weighted by Crippen LogP contribution is -2.29. The standard InChI is InChI=1S/C24H22N2O4S/c1-4-30-18-12-10-17(11-13-18)21(27)19-20(16-8-6-5-7-9-16)26(23(29)22(19)28)24-25-14(2)15(3)31-24/h5-13,20,27H,4H2,1-3H3/b21-19+/t20-/m1/s1. The number of hydrogen-bond acceptors (Lipinski definition) is 6. The molecule has 1 saturated heterocycles. The number of anilines is 1. The molecule has 2 aromatic carbocycles. The highest BCUT2D eigenvalue weighted by molar-refractivity contribution is 7.16. The first-order valence-electron chi connectivity index (χ1n) is 9.95. The second-order valence-corrected chi connectivity index (χ2v) is 8.36. The van der Waals surface area contributed by atoms with E-state index in [0.29, 0.717) is 23.1 Å². The Morgan fingerprint density at radius 2 is 1.77 bits per heavy atom. The molecule has 7 heteroatoms. The van der Waals surface area contributed by atoms with Crippen molar-refractivity contribution in [1.82, 2.24) is 4.98 Å². The van der Waals surface area contributed by atoms with Crippen molar-refractivity contribution in [2.75, 3.05) is 11.5 Å². The molecule has 1 fully saturated rings. The summed E-state index contributed by atoms with van der Waals surface area (Å²) in [4.78, 5) is 33.0. The van der Waals surface area contributed by atoms with Crippen LogP contribution in [-0.2, 0) is 9.59 Å². The molecule has 0 aliphatic carbocycles. The number of Topliss-reactive ketones (excluding diaryl/α,β-unsaturated/α-hetero) is 1. The van der Waals surface area contributed by atoms with Gasteiger partial charge in [0.25, 0.3) is 5.78 Å². The average Bonchev–Trinajstić information content (AvgIpc) is 3.24. The van der Waals surface area contributed by atoms with Crippen LogP contribution >= 0.6 is 11.3 Å². The van der Waals surface area contributed by atoms with Gasteiger partial charge in [-0.05, 0) is 50.6 Å². The summed E-state index contributed by atoms with van der Waals surface area (Å²) in [6.45, 7) is 6.20. The lowest BCUT2D eigenvalue weighted by atomic mass is 9.95. The molecule has 1 amide bonds. The summed E-state index contributed by atoms with van der Waals surface area (Å²) in [7, 11) is 0. The van der Waals surface area contributed by atoms with Gasteiger partial charge in [0, 0.05) is 10.4 Å². The highest BCUT2D eigenvalue weighted by Gasteiger charge is 2.48. The number of amides is 1. The maximum absolute atomic E-state index is 13.1. The molecule has 6 nitrogen and oxygen atoms in total. The Morgan fingerprint density at radius 3 is 2.35 bits per heavy atom. The molecule has 158 valence electrons. The molecule has 2 heterocycles. The smallest absolute Gasteiger partial charge is 0.301 e. The number of aliphatic hydroxyl groups excluding tert-OH is 1. The molecule has 0 unspecified atom stereocenters. The van der Waals surface area contributed by atoms with Crippen molar-refractivity contribution in [3.05, 3.63) is 81.9 Å². The van der Waals surface area contributed by atoms with Crippen molar-refractivity contribution >= 4 is 33.9 Å². The average molecular weight is 435 g/mol. The molecule has 1 aliphatic rings. The van der Waals surface area contributed by atoms with E-state index in [1.165, 1.54) is 16.2 Å². The van der Waals surface area contributed by atoms with Gasteiger partial charge in [0.15, 0.2) is 5.13 Å². The van der Waals surface area contributed by atoms with Gasteiger partial charge < -0.3 is 9.84 Å². The van der Waals surface area contributed by atoms with Crippen LogP contribution in [0.2, 0.25) is 0 Å². The number of aliphatic hydroxyl groups is 1. The number of thiazole rings is 1.